The number of amides is 1. The highest BCUT2D eigenvalue weighted by atomic mass is 35.5. The average molecular weight is 414 g/mol. The summed E-state index contributed by atoms with van der Waals surface area (Å²) in [6.07, 6.45) is 0.523. The first-order valence-electron chi connectivity index (χ1n) is 9.86. The van der Waals surface area contributed by atoms with Gasteiger partial charge in [0.25, 0.3) is 0 Å². The largest absolute Gasteiger partial charge is 0.468 e. The molecule has 4 rings (SSSR count). The van der Waals surface area contributed by atoms with Crippen molar-refractivity contribution in [3.8, 4) is 0 Å². The topological polar surface area (TPSA) is 55.8 Å². The van der Waals surface area contributed by atoms with Crippen molar-refractivity contribution in [1.82, 2.24) is 4.90 Å². The van der Waals surface area contributed by atoms with Crippen molar-refractivity contribution in [2.24, 2.45) is 5.92 Å². The number of hydrogen-bond acceptors (Lipinski definition) is 4. The third-order valence-corrected chi connectivity index (χ3v) is 6.72. The van der Waals surface area contributed by atoms with Crippen LogP contribution in [0.4, 0.5) is 4.79 Å². The number of carbonyl (C=O) groups excluding carboxylic acids is 2. The van der Waals surface area contributed by atoms with E-state index in [9.17, 15) is 9.59 Å². The zero-order valence-electron chi connectivity index (χ0n) is 16.5. The Morgan fingerprint density at radius 2 is 1.76 bits per heavy atom. The molecule has 1 aliphatic carbocycles. The summed E-state index contributed by atoms with van der Waals surface area (Å²) in [5, 5.41) is -0.953. The van der Waals surface area contributed by atoms with Crippen molar-refractivity contribution in [1.29, 1.82) is 0 Å². The van der Waals surface area contributed by atoms with Crippen LogP contribution in [0.5, 0.6) is 0 Å². The number of esters is 1. The molecule has 0 N–H and O–H groups in total. The maximum absolute atomic E-state index is 13.2. The molecule has 0 radical (unpaired) electrons. The maximum atomic E-state index is 13.2. The summed E-state index contributed by atoms with van der Waals surface area (Å²) in [4.78, 5) is 27.3. The van der Waals surface area contributed by atoms with Gasteiger partial charge in [-0.25, -0.2) is 4.79 Å². The molecular weight excluding hydrogens is 390 g/mol. The Morgan fingerprint density at radius 1 is 1.17 bits per heavy atom. The van der Waals surface area contributed by atoms with Gasteiger partial charge in [-0.3, -0.25) is 9.69 Å². The summed E-state index contributed by atoms with van der Waals surface area (Å²) in [5.41, 5.74) is 1.04. The summed E-state index contributed by atoms with van der Waals surface area (Å²) < 4.78 is 10.8. The van der Waals surface area contributed by atoms with Crippen LogP contribution in [0, 0.1) is 5.92 Å². The van der Waals surface area contributed by atoms with E-state index in [-0.39, 0.29) is 12.0 Å². The number of halogens is 1. The Kier molecular flexibility index (Phi) is 5.26. The Balaban J connectivity index is 1.82. The average Bonchev–Trinajstić information content (AvgIpc) is 3.41. The van der Waals surface area contributed by atoms with Gasteiger partial charge in [-0.05, 0) is 23.5 Å². The molecule has 0 unspecified atom stereocenters. The van der Waals surface area contributed by atoms with Gasteiger partial charge in [0.15, 0.2) is 11.5 Å². The van der Waals surface area contributed by atoms with Crippen LogP contribution >= 0.6 is 11.6 Å². The second-order valence-electron chi connectivity index (χ2n) is 7.63. The number of ether oxygens (including phenoxy) is 2. The first kappa shape index (κ1) is 19.8. The molecule has 2 aliphatic rings. The minimum atomic E-state index is -0.953. The van der Waals surface area contributed by atoms with Crippen LogP contribution in [0.15, 0.2) is 60.7 Å². The molecule has 152 valence electrons. The summed E-state index contributed by atoms with van der Waals surface area (Å²) in [5.74, 6) is -0.414. The third kappa shape index (κ3) is 3.18. The van der Waals surface area contributed by atoms with Crippen molar-refractivity contribution >= 4 is 23.7 Å². The van der Waals surface area contributed by atoms with Crippen molar-refractivity contribution in [2.75, 3.05) is 7.11 Å². The predicted octanol–water partition coefficient (Wildman–Crippen LogP) is 4.87. The fraction of sp³-hybridized carbons (Fsp3) is 0.391. The fourth-order valence-electron chi connectivity index (χ4n) is 4.64. The maximum Gasteiger partial charge on any atom is 0.411 e. The minimum Gasteiger partial charge on any atom is -0.468 e. The lowest BCUT2D eigenvalue weighted by molar-refractivity contribution is -0.141. The second kappa shape index (κ2) is 7.71. The first-order chi connectivity index (χ1) is 14.0. The third-order valence-electron chi connectivity index (χ3n) is 6.17. The van der Waals surface area contributed by atoms with E-state index in [1.165, 1.54) is 7.11 Å². The van der Waals surface area contributed by atoms with Crippen LogP contribution in [-0.4, -0.2) is 35.0 Å². The lowest BCUT2D eigenvalue weighted by Crippen LogP contribution is -2.50. The number of methoxy groups -OCH3 is 1. The molecule has 0 bridgehead atoms. The van der Waals surface area contributed by atoms with E-state index in [0.29, 0.717) is 6.42 Å². The number of carbonyl (C=O) groups is 2. The summed E-state index contributed by atoms with van der Waals surface area (Å²) in [6, 6.07) is 19.1. The van der Waals surface area contributed by atoms with Crippen molar-refractivity contribution in [2.45, 2.75) is 42.8 Å². The Labute approximate surface area is 175 Å². The highest BCUT2D eigenvalue weighted by Gasteiger charge is 2.69. The molecule has 6 heteroatoms. The standard InChI is InChI=1S/C23H24ClNO4/c1-3-17-14-23(17,20(24)21(26)28-2)25-18(15-10-6-4-7-11-15)19(29-22(25)27)16-12-8-5-9-13-16/h4-13,17-20H,3,14H2,1-2H3/t17-,18-,19+,20+,23-/m1/s1. The number of cyclic esters (lactones) is 1. The number of alkyl halides is 1. The summed E-state index contributed by atoms with van der Waals surface area (Å²) in [7, 11) is 1.32. The molecule has 0 spiro atoms. The monoisotopic (exact) mass is 413 g/mol. The summed E-state index contributed by atoms with van der Waals surface area (Å²) >= 11 is 6.63. The highest BCUT2D eigenvalue weighted by Crippen LogP contribution is 2.61. The van der Waals surface area contributed by atoms with Crippen LogP contribution in [0.25, 0.3) is 0 Å². The van der Waals surface area contributed by atoms with Crippen LogP contribution < -0.4 is 0 Å². The first-order valence-corrected chi connectivity index (χ1v) is 10.3. The molecular formula is C23H24ClNO4. The SMILES string of the molecule is CC[C@@H]1C[C@@]1([C@@H](Cl)C(=O)OC)N1C(=O)O[C@@H](c2ccccc2)[C@H]1c1ccccc1. The summed E-state index contributed by atoms with van der Waals surface area (Å²) in [6.45, 7) is 2.04. The highest BCUT2D eigenvalue weighted by molar-refractivity contribution is 6.31. The van der Waals surface area contributed by atoms with E-state index < -0.39 is 29.1 Å². The van der Waals surface area contributed by atoms with E-state index in [0.717, 1.165) is 17.5 Å². The molecule has 29 heavy (non-hydrogen) atoms. The smallest absolute Gasteiger partial charge is 0.411 e. The van der Waals surface area contributed by atoms with Gasteiger partial charge in [-0.2, -0.15) is 0 Å². The molecule has 2 fully saturated rings. The lowest BCUT2D eigenvalue weighted by atomic mass is 9.92. The molecule has 1 amide bonds. The molecule has 1 saturated heterocycles. The normalized spacial score (nSPS) is 29.3. The molecule has 1 saturated carbocycles. The van der Waals surface area contributed by atoms with E-state index >= 15 is 0 Å². The van der Waals surface area contributed by atoms with Gasteiger partial charge in [0.05, 0.1) is 12.6 Å². The Bertz CT molecular complexity index is 890. The molecule has 5 atom stereocenters. The number of hydrogen-bond donors (Lipinski definition) is 0. The van der Waals surface area contributed by atoms with Gasteiger partial charge >= 0.3 is 12.1 Å². The molecule has 2 aromatic carbocycles. The quantitative estimate of drug-likeness (QED) is 0.500. The molecule has 2 aromatic rings. The Hall–Kier alpha value is -2.53. The van der Waals surface area contributed by atoms with Crippen molar-refractivity contribution < 1.29 is 19.1 Å². The molecule has 0 aromatic heterocycles. The van der Waals surface area contributed by atoms with Crippen LogP contribution in [-0.2, 0) is 14.3 Å². The van der Waals surface area contributed by atoms with E-state index in [4.69, 9.17) is 21.1 Å². The lowest BCUT2D eigenvalue weighted by Gasteiger charge is -2.35. The van der Waals surface area contributed by atoms with Crippen LogP contribution in [0.2, 0.25) is 0 Å². The van der Waals surface area contributed by atoms with Crippen molar-refractivity contribution in [3.05, 3.63) is 71.8 Å². The Morgan fingerprint density at radius 3 is 2.28 bits per heavy atom. The number of nitrogens with zero attached hydrogens (tertiary/aromatic N) is 1. The van der Waals surface area contributed by atoms with Gasteiger partial charge in [-0.15, -0.1) is 11.6 Å². The van der Waals surface area contributed by atoms with Crippen LogP contribution in [0.3, 0.4) is 0 Å². The van der Waals surface area contributed by atoms with Gasteiger partial charge in [-0.1, -0.05) is 74.0 Å². The molecule has 5 nitrogen and oxygen atoms in total. The zero-order valence-corrected chi connectivity index (χ0v) is 17.2. The van der Waals surface area contributed by atoms with Gasteiger partial charge < -0.3 is 9.47 Å². The predicted molar refractivity (Wildman–Crippen MR) is 109 cm³/mol. The van der Waals surface area contributed by atoms with Crippen molar-refractivity contribution in [3.63, 3.8) is 0 Å². The number of benzene rings is 2. The number of rotatable bonds is 6. The fourth-order valence-corrected chi connectivity index (χ4v) is 5.11. The molecule has 1 aliphatic heterocycles. The van der Waals surface area contributed by atoms with E-state index in [2.05, 4.69) is 0 Å². The van der Waals surface area contributed by atoms with Crippen LogP contribution in [0.1, 0.15) is 43.0 Å². The van der Waals surface area contributed by atoms with Gasteiger partial charge in [0.2, 0.25) is 0 Å². The zero-order chi connectivity index (χ0) is 20.6. The van der Waals surface area contributed by atoms with Gasteiger partial charge in [0, 0.05) is 0 Å². The minimum absolute atomic E-state index is 0.109. The van der Waals surface area contributed by atoms with E-state index in [1.54, 1.807) is 4.90 Å². The van der Waals surface area contributed by atoms with Gasteiger partial charge in [0.1, 0.15) is 6.04 Å². The second-order valence-corrected chi connectivity index (χ2v) is 8.06. The van der Waals surface area contributed by atoms with E-state index in [1.807, 2.05) is 67.6 Å². The molecule has 1 heterocycles.